The fourth-order valence-corrected chi connectivity index (χ4v) is 6.91. The third-order valence-corrected chi connectivity index (χ3v) is 7.66. The first-order chi connectivity index (χ1) is 10.2. The Balaban J connectivity index is 1.81. The zero-order valence-corrected chi connectivity index (χ0v) is 13.5. The summed E-state index contributed by atoms with van der Waals surface area (Å²) in [4.78, 5) is 0. The van der Waals surface area contributed by atoms with Crippen LogP contribution in [0.5, 0.6) is 0 Å². The second kappa shape index (κ2) is 4.81. The second-order valence-electron chi connectivity index (χ2n) is 6.94. The molecule has 0 aromatic carbocycles. The van der Waals surface area contributed by atoms with E-state index in [1.54, 1.807) is 0 Å². The van der Waals surface area contributed by atoms with Gasteiger partial charge in [-0.1, -0.05) is 4.13 Å². The second-order valence-corrected chi connectivity index (χ2v) is 10.1. The molecule has 134 valence electrons. The highest BCUT2D eigenvalue weighted by molar-refractivity contribution is 8.03. The van der Waals surface area contributed by atoms with E-state index in [-0.39, 0.29) is 31.1 Å². The molecule has 2 N–H and O–H groups in total. The van der Waals surface area contributed by atoms with Crippen molar-refractivity contribution in [3.8, 4) is 0 Å². The Hall–Kier alpha value is -0.430. The number of rotatable bonds is 4. The summed E-state index contributed by atoms with van der Waals surface area (Å²) in [5.74, 6) is 0.0475. The third-order valence-electron chi connectivity index (χ3n) is 4.78. The summed E-state index contributed by atoms with van der Waals surface area (Å²) < 4.78 is 87.9. The highest BCUT2D eigenvalue weighted by Crippen LogP contribution is 2.59. The van der Waals surface area contributed by atoms with Crippen molar-refractivity contribution >= 4 is 20.3 Å². The lowest BCUT2D eigenvalue weighted by Crippen LogP contribution is -2.61. The van der Waals surface area contributed by atoms with Crippen molar-refractivity contribution in [3.63, 3.8) is 0 Å². The van der Waals surface area contributed by atoms with Crippen LogP contribution in [0.4, 0.5) is 13.2 Å². The van der Waals surface area contributed by atoms with Crippen LogP contribution in [0.1, 0.15) is 38.5 Å². The van der Waals surface area contributed by atoms with Crippen molar-refractivity contribution in [3.05, 3.63) is 0 Å². The number of hydrogen-bond acceptors (Lipinski definition) is 6. The van der Waals surface area contributed by atoms with Crippen LogP contribution < -0.4 is 4.13 Å². The van der Waals surface area contributed by atoms with Crippen molar-refractivity contribution in [2.75, 3.05) is 0 Å². The van der Waals surface area contributed by atoms with Gasteiger partial charge in [0, 0.05) is 6.42 Å². The minimum atomic E-state index is -6.08. The maximum Gasteiger partial charge on any atom is 0.512 e. The van der Waals surface area contributed by atoms with E-state index in [1.807, 2.05) is 0 Å². The molecule has 0 aromatic heterocycles. The SMILES string of the molecule is O=S(=O)(NS(=O)(=O)C(F)(F)F)OC12CC3CC(CC(O)(C3)C1)C2. The Morgan fingerprint density at radius 1 is 1.04 bits per heavy atom. The van der Waals surface area contributed by atoms with Gasteiger partial charge in [-0.25, -0.2) is 8.42 Å². The van der Waals surface area contributed by atoms with Gasteiger partial charge in [-0.15, -0.1) is 0 Å². The van der Waals surface area contributed by atoms with Crippen LogP contribution in [0.2, 0.25) is 0 Å². The van der Waals surface area contributed by atoms with E-state index in [0.717, 1.165) is 6.42 Å². The average Bonchev–Trinajstić information content (AvgIpc) is 2.18. The van der Waals surface area contributed by atoms with Gasteiger partial charge in [-0.05, 0) is 43.9 Å². The summed E-state index contributed by atoms with van der Waals surface area (Å²) in [5, 5.41) is 10.4. The molecule has 4 bridgehead atoms. The highest BCUT2D eigenvalue weighted by Gasteiger charge is 2.60. The molecular formula is C11H16F3NO6S2. The van der Waals surface area contributed by atoms with Gasteiger partial charge in [0.2, 0.25) is 0 Å². The monoisotopic (exact) mass is 379 g/mol. The predicted octanol–water partition coefficient (Wildman–Crippen LogP) is 0.771. The Kier molecular flexibility index (Phi) is 3.64. The van der Waals surface area contributed by atoms with Crippen LogP contribution in [0, 0.1) is 11.8 Å². The van der Waals surface area contributed by atoms with Crippen LogP contribution in [0.15, 0.2) is 0 Å². The third kappa shape index (κ3) is 3.23. The van der Waals surface area contributed by atoms with E-state index in [0.29, 0.717) is 17.0 Å². The predicted molar refractivity (Wildman–Crippen MR) is 70.5 cm³/mol. The summed E-state index contributed by atoms with van der Waals surface area (Å²) in [6.07, 6.45) is 2.34. The maximum atomic E-state index is 12.3. The molecule has 12 heteroatoms. The van der Waals surface area contributed by atoms with Crippen molar-refractivity contribution in [1.29, 1.82) is 0 Å². The number of halogens is 3. The van der Waals surface area contributed by atoms with E-state index in [9.17, 15) is 35.1 Å². The van der Waals surface area contributed by atoms with Crippen molar-refractivity contribution in [1.82, 2.24) is 4.13 Å². The normalized spacial score (nSPS) is 40.5. The standard InChI is InChI=1S/C11H16F3NO6S2/c12-11(13,14)22(17,18)15-23(19,20)21-10-4-7-1-8(5-10)3-9(16,2-7)6-10/h7-8,15-16H,1-6H2. The maximum absolute atomic E-state index is 12.3. The molecule has 7 nitrogen and oxygen atoms in total. The summed E-state index contributed by atoms with van der Waals surface area (Å²) in [6, 6.07) is 0. The molecule has 4 aliphatic carbocycles. The summed E-state index contributed by atoms with van der Waals surface area (Å²) in [6.45, 7) is 0. The minimum absolute atomic E-state index is 0.0238. The molecule has 0 aromatic rings. The van der Waals surface area contributed by atoms with Crippen molar-refractivity contribution in [2.45, 2.75) is 55.2 Å². The van der Waals surface area contributed by atoms with E-state index < -0.39 is 37.0 Å². The lowest BCUT2D eigenvalue weighted by atomic mass is 9.52. The summed E-state index contributed by atoms with van der Waals surface area (Å²) in [7, 11) is -11.3. The number of sulfonamides is 1. The Morgan fingerprint density at radius 3 is 2.00 bits per heavy atom. The molecule has 4 rings (SSSR count). The number of aliphatic hydroxyl groups is 1. The Morgan fingerprint density at radius 2 is 1.57 bits per heavy atom. The first kappa shape index (κ1) is 17.4. The molecular weight excluding hydrogens is 363 g/mol. The average molecular weight is 379 g/mol. The fraction of sp³-hybridized carbons (Fsp3) is 1.00. The van der Waals surface area contributed by atoms with Crippen LogP contribution in [-0.4, -0.2) is 38.7 Å². The molecule has 0 aliphatic heterocycles. The quantitative estimate of drug-likeness (QED) is 0.747. The van der Waals surface area contributed by atoms with E-state index in [4.69, 9.17) is 4.18 Å². The zero-order chi connectivity index (χ0) is 17.3. The van der Waals surface area contributed by atoms with Gasteiger partial charge >= 0.3 is 25.8 Å². The zero-order valence-electron chi connectivity index (χ0n) is 11.8. The Labute approximate surface area is 131 Å². The molecule has 23 heavy (non-hydrogen) atoms. The van der Waals surface area contributed by atoms with Crippen molar-refractivity contribution < 1.29 is 39.3 Å². The molecule has 0 saturated heterocycles. The Bertz CT molecular complexity index is 703. The summed E-state index contributed by atoms with van der Waals surface area (Å²) >= 11 is 0. The number of nitrogens with one attached hydrogen (secondary N) is 1. The van der Waals surface area contributed by atoms with E-state index in [2.05, 4.69) is 0 Å². The lowest BCUT2D eigenvalue weighted by molar-refractivity contribution is -0.186. The molecule has 4 aliphatic rings. The minimum Gasteiger partial charge on any atom is -0.390 e. The van der Waals surface area contributed by atoms with Gasteiger partial charge in [0.15, 0.2) is 0 Å². The fourth-order valence-electron chi connectivity index (χ4n) is 4.66. The van der Waals surface area contributed by atoms with Gasteiger partial charge in [0.1, 0.15) is 0 Å². The topological polar surface area (TPSA) is 110 Å². The first-order valence-electron chi connectivity index (χ1n) is 7.01. The van der Waals surface area contributed by atoms with Gasteiger partial charge < -0.3 is 5.11 Å². The molecule has 0 radical (unpaired) electrons. The van der Waals surface area contributed by atoms with Gasteiger partial charge in [0.05, 0.1) is 11.2 Å². The molecule has 4 saturated carbocycles. The van der Waals surface area contributed by atoms with E-state index in [1.165, 1.54) is 0 Å². The number of hydrogen-bond donors (Lipinski definition) is 2. The molecule has 4 fully saturated rings. The van der Waals surface area contributed by atoms with Crippen LogP contribution in [0.3, 0.4) is 0 Å². The smallest absolute Gasteiger partial charge is 0.390 e. The van der Waals surface area contributed by atoms with Gasteiger partial charge in [-0.3, -0.25) is 4.18 Å². The molecule has 2 atom stereocenters. The molecule has 0 spiro atoms. The largest absolute Gasteiger partial charge is 0.512 e. The first-order valence-corrected chi connectivity index (χ1v) is 9.90. The van der Waals surface area contributed by atoms with Crippen molar-refractivity contribution in [2.24, 2.45) is 11.8 Å². The van der Waals surface area contributed by atoms with Crippen LogP contribution in [-0.2, 0) is 24.5 Å². The van der Waals surface area contributed by atoms with Gasteiger partial charge in [-0.2, -0.15) is 21.6 Å². The molecule has 0 amide bonds. The van der Waals surface area contributed by atoms with Gasteiger partial charge in [0.25, 0.3) is 0 Å². The number of alkyl halides is 3. The van der Waals surface area contributed by atoms with E-state index >= 15 is 0 Å². The molecule has 0 heterocycles. The molecule has 2 unspecified atom stereocenters. The van der Waals surface area contributed by atoms with Crippen LogP contribution >= 0.6 is 0 Å². The highest BCUT2D eigenvalue weighted by atomic mass is 32.3. The summed E-state index contributed by atoms with van der Waals surface area (Å²) in [5.41, 5.74) is -8.20. The van der Waals surface area contributed by atoms with Crippen LogP contribution in [0.25, 0.3) is 0 Å². The lowest BCUT2D eigenvalue weighted by Gasteiger charge is -2.58.